The van der Waals surface area contributed by atoms with E-state index in [9.17, 15) is 4.79 Å². The van der Waals surface area contributed by atoms with Gasteiger partial charge in [0.1, 0.15) is 0 Å². The van der Waals surface area contributed by atoms with Gasteiger partial charge in [0.25, 0.3) is 5.91 Å². The van der Waals surface area contributed by atoms with E-state index < -0.39 is 0 Å². The summed E-state index contributed by atoms with van der Waals surface area (Å²) in [5.41, 5.74) is 0.433. The van der Waals surface area contributed by atoms with Crippen LogP contribution in [0.15, 0.2) is 6.20 Å². The Kier molecular flexibility index (Phi) is 3.27. The third-order valence-electron chi connectivity index (χ3n) is 2.74. The van der Waals surface area contributed by atoms with Crippen LogP contribution in [-0.4, -0.2) is 44.4 Å². The van der Waals surface area contributed by atoms with E-state index in [1.54, 1.807) is 4.90 Å². The number of carbonyl (C=O) groups excluding carboxylic acids is 1. The fourth-order valence-corrected chi connectivity index (χ4v) is 2.15. The molecule has 0 aromatic carbocycles. The number of hydrogen-bond acceptors (Lipinski definition) is 5. The fraction of sp³-hybridized carbons (Fsp3) is 0.667. The first kappa shape index (κ1) is 10.5. The van der Waals surface area contributed by atoms with Crippen LogP contribution in [0.2, 0.25) is 0 Å². The molecule has 0 unspecified atom stereocenters. The Morgan fingerprint density at radius 1 is 1.60 bits per heavy atom. The number of amides is 1. The van der Waals surface area contributed by atoms with Gasteiger partial charge in [-0.2, -0.15) is 8.75 Å². The van der Waals surface area contributed by atoms with Crippen LogP contribution in [0, 0.1) is 5.92 Å². The van der Waals surface area contributed by atoms with Crippen LogP contribution in [-0.2, 0) is 0 Å². The molecule has 6 heteroatoms. The van der Waals surface area contributed by atoms with E-state index in [-0.39, 0.29) is 12.5 Å². The summed E-state index contributed by atoms with van der Waals surface area (Å²) in [6, 6.07) is 0. The topological polar surface area (TPSA) is 66.3 Å². The van der Waals surface area contributed by atoms with Crippen LogP contribution < -0.4 is 0 Å². The Balaban J connectivity index is 1.93. The molecule has 1 aliphatic rings. The van der Waals surface area contributed by atoms with E-state index >= 15 is 0 Å². The van der Waals surface area contributed by atoms with Gasteiger partial charge in [0.15, 0.2) is 5.69 Å². The lowest BCUT2D eigenvalue weighted by molar-refractivity contribution is 0.0646. The van der Waals surface area contributed by atoms with Crippen molar-refractivity contribution >= 4 is 17.6 Å². The van der Waals surface area contributed by atoms with Crippen molar-refractivity contribution in [2.24, 2.45) is 5.92 Å². The van der Waals surface area contributed by atoms with Gasteiger partial charge in [0.2, 0.25) is 0 Å². The van der Waals surface area contributed by atoms with Gasteiger partial charge in [-0.15, -0.1) is 0 Å². The molecule has 1 aromatic rings. The Bertz CT molecular complexity index is 320. The van der Waals surface area contributed by atoms with Crippen LogP contribution in [0.1, 0.15) is 23.3 Å². The number of piperidine rings is 1. The van der Waals surface area contributed by atoms with Gasteiger partial charge in [0.05, 0.1) is 17.9 Å². The first-order chi connectivity index (χ1) is 7.31. The summed E-state index contributed by atoms with van der Waals surface area (Å²) in [5.74, 6) is 0.308. The summed E-state index contributed by atoms with van der Waals surface area (Å²) in [5, 5.41) is 8.98. The molecule has 1 amide bonds. The van der Waals surface area contributed by atoms with Crippen molar-refractivity contribution in [3.05, 3.63) is 11.9 Å². The first-order valence-electron chi connectivity index (χ1n) is 4.99. The smallest absolute Gasteiger partial charge is 0.275 e. The molecule has 0 spiro atoms. The lowest BCUT2D eigenvalue weighted by Gasteiger charge is -2.30. The minimum Gasteiger partial charge on any atom is -0.396 e. The largest absolute Gasteiger partial charge is 0.396 e. The molecule has 82 valence electrons. The maximum Gasteiger partial charge on any atom is 0.275 e. The third-order valence-corrected chi connectivity index (χ3v) is 3.22. The molecule has 0 saturated carbocycles. The summed E-state index contributed by atoms with van der Waals surface area (Å²) >= 11 is 1.05. The van der Waals surface area contributed by atoms with E-state index in [4.69, 9.17) is 5.11 Å². The quantitative estimate of drug-likeness (QED) is 0.793. The minimum atomic E-state index is -0.0415. The van der Waals surface area contributed by atoms with Crippen LogP contribution >= 0.6 is 11.7 Å². The van der Waals surface area contributed by atoms with Gasteiger partial charge in [-0.05, 0) is 18.8 Å². The molecular formula is C9H13N3O2S. The molecule has 2 rings (SSSR count). The number of likely N-dealkylation sites (tertiary alicyclic amines) is 1. The molecule has 0 bridgehead atoms. The molecule has 1 fully saturated rings. The highest BCUT2D eigenvalue weighted by Gasteiger charge is 2.24. The number of hydrogen-bond donors (Lipinski definition) is 1. The number of nitrogens with zero attached hydrogens (tertiary/aromatic N) is 3. The van der Waals surface area contributed by atoms with Crippen molar-refractivity contribution in [2.75, 3.05) is 19.7 Å². The summed E-state index contributed by atoms with van der Waals surface area (Å²) in [4.78, 5) is 13.6. The highest BCUT2D eigenvalue weighted by molar-refractivity contribution is 6.99. The van der Waals surface area contributed by atoms with Gasteiger partial charge in [-0.1, -0.05) is 0 Å². The van der Waals surface area contributed by atoms with E-state index in [1.165, 1.54) is 6.20 Å². The van der Waals surface area contributed by atoms with E-state index in [1.807, 2.05) is 0 Å². The van der Waals surface area contributed by atoms with Gasteiger partial charge in [0, 0.05) is 19.7 Å². The van der Waals surface area contributed by atoms with Gasteiger partial charge >= 0.3 is 0 Å². The third kappa shape index (κ3) is 2.32. The standard InChI is InChI=1S/C9H13N3O2S/c13-6-7-1-3-12(4-2-7)9(14)8-5-10-15-11-8/h5,7,13H,1-4,6H2. The monoisotopic (exact) mass is 227 g/mol. The van der Waals surface area contributed by atoms with Crippen molar-refractivity contribution < 1.29 is 9.90 Å². The molecule has 15 heavy (non-hydrogen) atoms. The zero-order chi connectivity index (χ0) is 10.7. The Labute approximate surface area is 92.1 Å². The highest BCUT2D eigenvalue weighted by Crippen LogP contribution is 2.17. The summed E-state index contributed by atoms with van der Waals surface area (Å²) in [6.45, 7) is 1.64. The van der Waals surface area contributed by atoms with Crippen LogP contribution in [0.4, 0.5) is 0 Å². The predicted molar refractivity (Wildman–Crippen MR) is 55.6 cm³/mol. The van der Waals surface area contributed by atoms with E-state index in [2.05, 4.69) is 8.75 Å². The molecule has 0 atom stereocenters. The van der Waals surface area contributed by atoms with Crippen LogP contribution in [0.5, 0.6) is 0 Å². The molecule has 1 N–H and O–H groups in total. The predicted octanol–water partition coefficient (Wildman–Crippen LogP) is 0.383. The van der Waals surface area contributed by atoms with E-state index in [0.717, 1.165) is 24.6 Å². The van der Waals surface area contributed by atoms with Crippen molar-refractivity contribution in [1.29, 1.82) is 0 Å². The van der Waals surface area contributed by atoms with Crippen molar-refractivity contribution in [2.45, 2.75) is 12.8 Å². The minimum absolute atomic E-state index is 0.0415. The normalized spacial score (nSPS) is 18.1. The number of aliphatic hydroxyl groups is 1. The average Bonchev–Trinajstić information content (AvgIpc) is 2.82. The SMILES string of the molecule is O=C(c1cnsn1)N1CCC(CO)CC1. The summed E-state index contributed by atoms with van der Waals surface area (Å²) in [6.07, 6.45) is 3.25. The number of aliphatic hydroxyl groups excluding tert-OH is 1. The fourth-order valence-electron chi connectivity index (χ4n) is 1.74. The Morgan fingerprint density at radius 2 is 2.33 bits per heavy atom. The Morgan fingerprint density at radius 3 is 2.87 bits per heavy atom. The van der Waals surface area contributed by atoms with Crippen molar-refractivity contribution in [1.82, 2.24) is 13.6 Å². The summed E-state index contributed by atoms with van der Waals surface area (Å²) in [7, 11) is 0. The zero-order valence-electron chi connectivity index (χ0n) is 8.30. The zero-order valence-corrected chi connectivity index (χ0v) is 9.11. The number of rotatable bonds is 2. The summed E-state index contributed by atoms with van der Waals surface area (Å²) < 4.78 is 7.73. The van der Waals surface area contributed by atoms with Crippen molar-refractivity contribution in [3.63, 3.8) is 0 Å². The van der Waals surface area contributed by atoms with Crippen LogP contribution in [0.3, 0.4) is 0 Å². The maximum atomic E-state index is 11.8. The molecule has 0 aliphatic carbocycles. The second-order valence-corrected chi connectivity index (χ2v) is 4.27. The Hall–Kier alpha value is -1.01. The molecule has 0 radical (unpaired) electrons. The van der Waals surface area contributed by atoms with E-state index in [0.29, 0.717) is 24.7 Å². The maximum absolute atomic E-state index is 11.8. The molecule has 1 aromatic heterocycles. The van der Waals surface area contributed by atoms with Crippen LogP contribution in [0.25, 0.3) is 0 Å². The number of aromatic nitrogens is 2. The lowest BCUT2D eigenvalue weighted by Crippen LogP contribution is -2.39. The first-order valence-corrected chi connectivity index (χ1v) is 5.72. The van der Waals surface area contributed by atoms with Gasteiger partial charge in [-0.3, -0.25) is 4.79 Å². The molecular weight excluding hydrogens is 214 g/mol. The molecule has 2 heterocycles. The molecule has 1 saturated heterocycles. The highest BCUT2D eigenvalue weighted by atomic mass is 32.1. The van der Waals surface area contributed by atoms with Gasteiger partial charge in [-0.25, -0.2) is 0 Å². The second kappa shape index (κ2) is 4.67. The number of carbonyl (C=O) groups is 1. The van der Waals surface area contributed by atoms with Gasteiger partial charge < -0.3 is 10.0 Å². The molecule has 5 nitrogen and oxygen atoms in total. The lowest BCUT2D eigenvalue weighted by atomic mass is 9.98. The average molecular weight is 227 g/mol. The van der Waals surface area contributed by atoms with Crippen molar-refractivity contribution in [3.8, 4) is 0 Å². The second-order valence-electron chi connectivity index (χ2n) is 3.71. The molecule has 1 aliphatic heterocycles.